The lowest BCUT2D eigenvalue weighted by atomic mass is 9.83. The third-order valence-electron chi connectivity index (χ3n) is 6.63. The van der Waals surface area contributed by atoms with Gasteiger partial charge in [0.25, 0.3) is 0 Å². The first-order valence-electron chi connectivity index (χ1n) is 11.9. The number of carbonyl (C=O) groups excluding carboxylic acids is 3. The molecule has 0 radical (unpaired) electrons. The van der Waals surface area contributed by atoms with Crippen molar-refractivity contribution < 1.29 is 14.4 Å². The number of hydrogen-bond acceptors (Lipinski definition) is 6. The van der Waals surface area contributed by atoms with Crippen molar-refractivity contribution in [2.75, 3.05) is 10.2 Å². The Labute approximate surface area is 234 Å². The van der Waals surface area contributed by atoms with Crippen molar-refractivity contribution in [1.82, 2.24) is 4.57 Å². The molecule has 1 aromatic heterocycles. The summed E-state index contributed by atoms with van der Waals surface area (Å²) in [5, 5.41) is 2.65. The molecular formula is C28H20BrN3O4S2. The summed E-state index contributed by atoms with van der Waals surface area (Å²) in [5.41, 5.74) is 1.98. The summed E-state index contributed by atoms with van der Waals surface area (Å²) in [4.78, 5) is 55.3. The number of thiazole rings is 1. The molecular weight excluding hydrogens is 586 g/mol. The van der Waals surface area contributed by atoms with Crippen molar-refractivity contribution in [3.05, 3.63) is 110 Å². The molecule has 3 atom stereocenters. The molecule has 38 heavy (non-hydrogen) atoms. The van der Waals surface area contributed by atoms with Crippen LogP contribution in [0, 0.1) is 5.92 Å². The van der Waals surface area contributed by atoms with Gasteiger partial charge < -0.3 is 5.32 Å². The van der Waals surface area contributed by atoms with Crippen LogP contribution < -0.4 is 15.1 Å². The number of anilines is 2. The van der Waals surface area contributed by atoms with Gasteiger partial charge in [0.15, 0.2) is 0 Å². The SMILES string of the molecule is O=C(Cn1c2c(sc1=O)C(c1cccc(Br)c1)C1C(=O)N(c3ccccc3)C(=O)C1S2)Nc1ccccc1. The second-order valence-corrected chi connectivity index (χ2v) is 12.0. The Morgan fingerprint density at radius 2 is 1.61 bits per heavy atom. The van der Waals surface area contributed by atoms with Gasteiger partial charge in [-0.15, -0.1) is 0 Å². The number of hydrogen-bond donors (Lipinski definition) is 1. The number of rotatable bonds is 5. The van der Waals surface area contributed by atoms with E-state index >= 15 is 0 Å². The number of fused-ring (bicyclic) bond motifs is 2. The number of amides is 3. The molecule has 0 saturated carbocycles. The summed E-state index contributed by atoms with van der Waals surface area (Å²) in [5.74, 6) is -2.14. The lowest BCUT2D eigenvalue weighted by Gasteiger charge is -2.30. The van der Waals surface area contributed by atoms with Crippen LogP contribution in [0.4, 0.5) is 11.4 Å². The molecule has 190 valence electrons. The summed E-state index contributed by atoms with van der Waals surface area (Å²) in [6.07, 6.45) is 0. The Bertz CT molecular complexity index is 1620. The second kappa shape index (κ2) is 10.0. The van der Waals surface area contributed by atoms with Gasteiger partial charge in [0, 0.05) is 21.0 Å². The molecule has 0 spiro atoms. The van der Waals surface area contributed by atoms with Crippen LogP contribution in [0.2, 0.25) is 0 Å². The van der Waals surface area contributed by atoms with E-state index in [1.54, 1.807) is 36.4 Å². The Morgan fingerprint density at radius 3 is 2.32 bits per heavy atom. The first-order chi connectivity index (χ1) is 18.4. The van der Waals surface area contributed by atoms with Crippen molar-refractivity contribution in [3.63, 3.8) is 0 Å². The zero-order valence-corrected chi connectivity index (χ0v) is 23.0. The van der Waals surface area contributed by atoms with Gasteiger partial charge >= 0.3 is 4.87 Å². The lowest BCUT2D eigenvalue weighted by Crippen LogP contribution is -2.33. The molecule has 4 aromatic rings. The van der Waals surface area contributed by atoms with Gasteiger partial charge in [-0.3, -0.25) is 23.7 Å². The Morgan fingerprint density at radius 1 is 0.895 bits per heavy atom. The molecule has 3 amide bonds. The van der Waals surface area contributed by atoms with Crippen LogP contribution in [0.1, 0.15) is 16.4 Å². The minimum Gasteiger partial charge on any atom is -0.325 e. The van der Waals surface area contributed by atoms with E-state index < -0.39 is 17.1 Å². The monoisotopic (exact) mass is 605 g/mol. The molecule has 7 nitrogen and oxygen atoms in total. The topological polar surface area (TPSA) is 88.5 Å². The highest BCUT2D eigenvalue weighted by atomic mass is 79.9. The van der Waals surface area contributed by atoms with Gasteiger partial charge in [0.1, 0.15) is 11.8 Å². The van der Waals surface area contributed by atoms with E-state index in [0.29, 0.717) is 21.3 Å². The third kappa shape index (κ3) is 4.32. The highest BCUT2D eigenvalue weighted by Gasteiger charge is 2.56. The summed E-state index contributed by atoms with van der Waals surface area (Å²) in [7, 11) is 0. The average Bonchev–Trinajstić information content (AvgIpc) is 3.35. The molecule has 0 aliphatic carbocycles. The Balaban J connectivity index is 1.43. The molecule has 2 aliphatic heterocycles. The van der Waals surface area contributed by atoms with Crippen molar-refractivity contribution in [2.24, 2.45) is 5.92 Å². The Kier molecular flexibility index (Phi) is 6.55. The van der Waals surface area contributed by atoms with Crippen LogP contribution in [-0.2, 0) is 20.9 Å². The number of nitrogens with zero attached hydrogens (tertiary/aromatic N) is 2. The van der Waals surface area contributed by atoms with Crippen LogP contribution in [0.3, 0.4) is 0 Å². The molecule has 1 N–H and O–H groups in total. The molecule has 3 unspecified atom stereocenters. The van der Waals surface area contributed by atoms with Gasteiger partial charge in [-0.2, -0.15) is 0 Å². The van der Waals surface area contributed by atoms with E-state index in [2.05, 4.69) is 21.2 Å². The lowest BCUT2D eigenvalue weighted by molar-refractivity contribution is -0.122. The standard InChI is InChI=1S/C28H20BrN3O4S2/c29-17-9-7-8-16(14-17)21-22-23(26(35)32(25(22)34)19-12-5-2-6-13-19)37-27-24(21)38-28(36)31(27)15-20(33)30-18-10-3-1-4-11-18/h1-14,21-23H,15H2,(H,30,33). The third-order valence-corrected chi connectivity index (χ3v) is 9.73. The van der Waals surface area contributed by atoms with Crippen molar-refractivity contribution >= 4 is 68.1 Å². The van der Waals surface area contributed by atoms with Crippen molar-refractivity contribution in [3.8, 4) is 0 Å². The minimum absolute atomic E-state index is 0.195. The zero-order chi connectivity index (χ0) is 26.4. The molecule has 1 fully saturated rings. The van der Waals surface area contributed by atoms with E-state index in [1.165, 1.54) is 21.2 Å². The summed E-state index contributed by atoms with van der Waals surface area (Å²) >= 11 is 5.76. The Hall–Kier alpha value is -3.47. The van der Waals surface area contributed by atoms with Gasteiger partial charge in [-0.1, -0.05) is 87.6 Å². The van der Waals surface area contributed by atoms with E-state index in [1.807, 2.05) is 48.5 Å². The van der Waals surface area contributed by atoms with Crippen LogP contribution in [-0.4, -0.2) is 27.5 Å². The molecule has 1 saturated heterocycles. The average molecular weight is 607 g/mol. The maximum atomic E-state index is 13.8. The fourth-order valence-electron chi connectivity index (χ4n) is 5.01. The molecule has 0 bridgehead atoms. The van der Waals surface area contributed by atoms with E-state index in [0.717, 1.165) is 21.4 Å². The number of carbonyl (C=O) groups is 3. The van der Waals surface area contributed by atoms with Gasteiger partial charge in [0.2, 0.25) is 17.7 Å². The van der Waals surface area contributed by atoms with Crippen molar-refractivity contribution in [2.45, 2.75) is 22.7 Å². The first kappa shape index (κ1) is 24.8. The highest BCUT2D eigenvalue weighted by molar-refractivity contribution is 9.10. The van der Waals surface area contributed by atoms with Gasteiger partial charge in [0.05, 0.1) is 16.6 Å². The smallest absolute Gasteiger partial charge is 0.308 e. The second-order valence-electron chi connectivity index (χ2n) is 8.98. The summed E-state index contributed by atoms with van der Waals surface area (Å²) in [6.45, 7) is -0.195. The van der Waals surface area contributed by atoms with Crippen LogP contribution >= 0.6 is 39.0 Å². The number of thioether (sulfide) groups is 1. The predicted molar refractivity (Wildman–Crippen MR) is 152 cm³/mol. The van der Waals surface area contributed by atoms with E-state index in [9.17, 15) is 19.2 Å². The molecule has 10 heteroatoms. The van der Waals surface area contributed by atoms with E-state index in [4.69, 9.17) is 0 Å². The van der Waals surface area contributed by atoms with E-state index in [-0.39, 0.29) is 29.1 Å². The number of benzene rings is 3. The fraction of sp³-hybridized carbons (Fsp3) is 0.143. The molecule has 3 heterocycles. The fourth-order valence-corrected chi connectivity index (χ4v) is 8.20. The van der Waals surface area contributed by atoms with Crippen LogP contribution in [0.5, 0.6) is 0 Å². The normalized spacial score (nSPS) is 20.2. The maximum Gasteiger partial charge on any atom is 0.308 e. The first-order valence-corrected chi connectivity index (χ1v) is 14.3. The minimum atomic E-state index is -0.725. The quantitative estimate of drug-likeness (QED) is 0.319. The number of nitrogens with one attached hydrogen (secondary N) is 1. The van der Waals surface area contributed by atoms with Crippen LogP contribution in [0.15, 0.2) is 99.2 Å². The molecule has 3 aromatic carbocycles. The molecule has 6 rings (SSSR count). The van der Waals surface area contributed by atoms with Crippen molar-refractivity contribution in [1.29, 1.82) is 0 Å². The highest BCUT2D eigenvalue weighted by Crippen LogP contribution is 2.54. The molecule has 2 aliphatic rings. The zero-order valence-electron chi connectivity index (χ0n) is 19.7. The maximum absolute atomic E-state index is 13.8. The van der Waals surface area contributed by atoms with Gasteiger partial charge in [-0.25, -0.2) is 4.90 Å². The summed E-state index contributed by atoms with van der Waals surface area (Å²) in [6, 6.07) is 25.5. The van der Waals surface area contributed by atoms with Gasteiger partial charge in [-0.05, 0) is 42.0 Å². The summed E-state index contributed by atoms with van der Waals surface area (Å²) < 4.78 is 2.25. The number of imide groups is 1. The number of halogens is 1. The predicted octanol–water partition coefficient (Wildman–Crippen LogP) is 5.11. The number of aromatic nitrogens is 1. The largest absolute Gasteiger partial charge is 0.325 e. The van der Waals surface area contributed by atoms with Crippen LogP contribution in [0.25, 0.3) is 0 Å². The number of para-hydroxylation sites is 2.